The Kier molecular flexibility index (Phi) is 6.22. The fourth-order valence-electron chi connectivity index (χ4n) is 0.680. The fraction of sp³-hybridized carbons (Fsp3) is 0.500. The summed E-state index contributed by atoms with van der Waals surface area (Å²) in [5.41, 5.74) is 0.297. The Hall–Kier alpha value is -0.840. The molecule has 0 fully saturated rings. The van der Waals surface area contributed by atoms with Crippen LogP contribution in [-0.4, -0.2) is 31.5 Å². The van der Waals surface area contributed by atoms with Crippen LogP contribution in [0.1, 0.15) is 6.42 Å². The number of esters is 2. The van der Waals surface area contributed by atoms with E-state index in [1.165, 1.54) is 14.2 Å². The van der Waals surface area contributed by atoms with Gasteiger partial charge in [0.25, 0.3) is 0 Å². The molecule has 0 aliphatic heterocycles. The van der Waals surface area contributed by atoms with Crippen molar-refractivity contribution in [2.75, 3.05) is 19.5 Å². The Morgan fingerprint density at radius 3 is 2.31 bits per heavy atom. The molecule has 0 saturated heterocycles. The van der Waals surface area contributed by atoms with E-state index in [9.17, 15) is 9.59 Å². The van der Waals surface area contributed by atoms with Crippen molar-refractivity contribution in [2.45, 2.75) is 6.42 Å². The first-order chi connectivity index (χ1) is 6.15. The molecule has 0 aromatic carbocycles. The maximum Gasteiger partial charge on any atom is 0.334 e. The van der Waals surface area contributed by atoms with E-state index in [4.69, 9.17) is 0 Å². The van der Waals surface area contributed by atoms with E-state index in [0.29, 0.717) is 10.9 Å². The first kappa shape index (κ1) is 12.2. The number of hydrogen-bond donors (Lipinski definition) is 0. The highest BCUT2D eigenvalue weighted by molar-refractivity contribution is 9.09. The largest absolute Gasteiger partial charge is 0.469 e. The number of allylic oxidation sites excluding steroid dienone is 1. The van der Waals surface area contributed by atoms with Crippen LogP contribution < -0.4 is 0 Å². The summed E-state index contributed by atoms with van der Waals surface area (Å²) in [5, 5.41) is 0.494. The van der Waals surface area contributed by atoms with Gasteiger partial charge in [0.05, 0.1) is 20.6 Å². The first-order valence-electron chi connectivity index (χ1n) is 3.55. The van der Waals surface area contributed by atoms with Crippen molar-refractivity contribution >= 4 is 27.9 Å². The van der Waals surface area contributed by atoms with E-state index < -0.39 is 11.9 Å². The normalized spacial score (nSPS) is 10.8. The molecule has 0 spiro atoms. The second-order valence-corrected chi connectivity index (χ2v) is 2.78. The second-order valence-electron chi connectivity index (χ2n) is 2.13. The molecule has 0 aliphatic carbocycles. The van der Waals surface area contributed by atoms with E-state index in [1.807, 2.05) is 0 Å². The van der Waals surface area contributed by atoms with Crippen molar-refractivity contribution in [1.82, 2.24) is 0 Å². The Bertz CT molecular complexity index is 222. The summed E-state index contributed by atoms with van der Waals surface area (Å²) in [4.78, 5) is 21.9. The SMILES string of the molecule is COC(=O)C/C(=C\CBr)C(=O)OC. The van der Waals surface area contributed by atoms with Gasteiger partial charge in [-0.05, 0) is 0 Å². The van der Waals surface area contributed by atoms with Crippen LogP contribution in [0.2, 0.25) is 0 Å². The third-order valence-corrected chi connectivity index (χ3v) is 1.66. The van der Waals surface area contributed by atoms with Crippen LogP contribution in [0.4, 0.5) is 0 Å². The number of rotatable bonds is 4. The van der Waals surface area contributed by atoms with Gasteiger partial charge in [-0.2, -0.15) is 0 Å². The summed E-state index contributed by atoms with van der Waals surface area (Å²) in [6.07, 6.45) is 1.51. The van der Waals surface area contributed by atoms with Crippen LogP contribution >= 0.6 is 15.9 Å². The molecule has 0 rings (SSSR count). The number of carbonyl (C=O) groups excluding carboxylic acids is 2. The van der Waals surface area contributed by atoms with Gasteiger partial charge in [-0.25, -0.2) is 4.79 Å². The molecule has 0 radical (unpaired) electrons. The van der Waals surface area contributed by atoms with E-state index >= 15 is 0 Å². The lowest BCUT2D eigenvalue weighted by Gasteiger charge is -2.02. The molecule has 4 nitrogen and oxygen atoms in total. The van der Waals surface area contributed by atoms with Crippen LogP contribution in [0.25, 0.3) is 0 Å². The van der Waals surface area contributed by atoms with Crippen LogP contribution in [0.15, 0.2) is 11.6 Å². The van der Waals surface area contributed by atoms with E-state index in [-0.39, 0.29) is 6.42 Å². The zero-order valence-electron chi connectivity index (χ0n) is 7.50. The topological polar surface area (TPSA) is 52.6 Å². The molecule has 0 aromatic heterocycles. The number of ether oxygens (including phenoxy) is 2. The van der Waals surface area contributed by atoms with Crippen LogP contribution in [-0.2, 0) is 19.1 Å². The first-order valence-corrected chi connectivity index (χ1v) is 4.68. The van der Waals surface area contributed by atoms with Gasteiger partial charge in [0.2, 0.25) is 0 Å². The summed E-state index contributed by atoms with van der Waals surface area (Å²) in [7, 11) is 2.53. The number of carbonyl (C=O) groups is 2. The summed E-state index contributed by atoms with van der Waals surface area (Å²) in [6.45, 7) is 0. The van der Waals surface area contributed by atoms with Crippen molar-refractivity contribution in [3.8, 4) is 0 Å². The van der Waals surface area contributed by atoms with Gasteiger partial charge in [0.15, 0.2) is 0 Å². The van der Waals surface area contributed by atoms with Crippen molar-refractivity contribution in [1.29, 1.82) is 0 Å². The highest BCUT2D eigenvalue weighted by Gasteiger charge is 2.13. The summed E-state index contributed by atoms with van der Waals surface area (Å²) >= 11 is 3.12. The number of halogens is 1. The maximum atomic E-state index is 11.0. The van der Waals surface area contributed by atoms with Crippen LogP contribution in [0.5, 0.6) is 0 Å². The smallest absolute Gasteiger partial charge is 0.334 e. The molecule has 0 bridgehead atoms. The van der Waals surface area contributed by atoms with E-state index in [2.05, 4.69) is 25.4 Å². The maximum absolute atomic E-state index is 11.0. The second kappa shape index (κ2) is 6.65. The van der Waals surface area contributed by atoms with Crippen molar-refractivity contribution in [2.24, 2.45) is 0 Å². The Morgan fingerprint density at radius 1 is 1.31 bits per heavy atom. The molecule has 0 saturated carbocycles. The van der Waals surface area contributed by atoms with Gasteiger partial charge in [-0.3, -0.25) is 4.79 Å². The third kappa shape index (κ3) is 4.67. The van der Waals surface area contributed by atoms with Gasteiger partial charge >= 0.3 is 11.9 Å². The molecule has 0 aromatic rings. The summed E-state index contributed by atoms with van der Waals surface area (Å²) in [6, 6.07) is 0. The third-order valence-electron chi connectivity index (χ3n) is 1.33. The molecular weight excluding hydrogens is 240 g/mol. The highest BCUT2D eigenvalue weighted by Crippen LogP contribution is 2.06. The van der Waals surface area contributed by atoms with Crippen molar-refractivity contribution < 1.29 is 19.1 Å². The van der Waals surface area contributed by atoms with Gasteiger partial charge in [-0.15, -0.1) is 0 Å². The molecule has 74 valence electrons. The molecule has 0 heterocycles. The summed E-state index contributed by atoms with van der Waals surface area (Å²) in [5.74, 6) is -0.970. The molecule has 0 N–H and O–H groups in total. The van der Waals surface area contributed by atoms with Gasteiger partial charge < -0.3 is 9.47 Å². The Labute approximate surface area is 85.0 Å². The number of hydrogen-bond acceptors (Lipinski definition) is 4. The van der Waals surface area contributed by atoms with Crippen LogP contribution in [0, 0.1) is 0 Å². The number of methoxy groups -OCH3 is 2. The van der Waals surface area contributed by atoms with Crippen molar-refractivity contribution in [3.05, 3.63) is 11.6 Å². The minimum atomic E-state index is -0.509. The Balaban J connectivity index is 4.36. The molecule has 0 amide bonds. The molecule has 13 heavy (non-hydrogen) atoms. The predicted octanol–water partition coefficient (Wildman–Crippen LogP) is 1.04. The van der Waals surface area contributed by atoms with E-state index in [0.717, 1.165) is 0 Å². The monoisotopic (exact) mass is 250 g/mol. The quantitative estimate of drug-likeness (QED) is 0.425. The zero-order valence-corrected chi connectivity index (χ0v) is 9.09. The highest BCUT2D eigenvalue weighted by atomic mass is 79.9. The van der Waals surface area contributed by atoms with E-state index in [1.54, 1.807) is 6.08 Å². The van der Waals surface area contributed by atoms with Gasteiger partial charge in [0.1, 0.15) is 0 Å². The lowest BCUT2D eigenvalue weighted by atomic mass is 10.2. The average Bonchev–Trinajstić information content (AvgIpc) is 2.15. The lowest BCUT2D eigenvalue weighted by Crippen LogP contribution is -2.11. The van der Waals surface area contributed by atoms with Gasteiger partial charge in [0, 0.05) is 10.9 Å². The number of alkyl halides is 1. The molecule has 0 unspecified atom stereocenters. The Morgan fingerprint density at radius 2 is 1.92 bits per heavy atom. The molecule has 5 heteroatoms. The predicted molar refractivity (Wildman–Crippen MR) is 50.5 cm³/mol. The van der Waals surface area contributed by atoms with Gasteiger partial charge in [-0.1, -0.05) is 22.0 Å². The summed E-state index contributed by atoms with van der Waals surface area (Å²) < 4.78 is 8.89. The average molecular weight is 251 g/mol. The molecule has 0 atom stereocenters. The van der Waals surface area contributed by atoms with Crippen LogP contribution in [0.3, 0.4) is 0 Å². The van der Waals surface area contributed by atoms with Crippen molar-refractivity contribution in [3.63, 3.8) is 0 Å². The molecular formula is C8H11BrO4. The molecule has 0 aliphatic rings. The standard InChI is InChI=1S/C8H11BrO4/c1-12-7(10)5-6(3-4-9)8(11)13-2/h3H,4-5H2,1-2H3/b6-3+. The minimum Gasteiger partial charge on any atom is -0.469 e. The lowest BCUT2D eigenvalue weighted by molar-refractivity contribution is -0.143. The zero-order chi connectivity index (χ0) is 10.3. The minimum absolute atomic E-state index is 0.0607. The fourth-order valence-corrected chi connectivity index (χ4v) is 1.07.